The minimum Gasteiger partial charge on any atom is -0.438 e. The van der Waals surface area contributed by atoms with E-state index in [1.54, 1.807) is 25.2 Å². The molecule has 1 aromatic carbocycles. The molecule has 0 saturated carbocycles. The molecule has 0 bridgehead atoms. The number of ether oxygens (including phenoxy) is 1. The second-order valence-electron chi connectivity index (χ2n) is 3.89. The van der Waals surface area contributed by atoms with Gasteiger partial charge < -0.3 is 15.8 Å². The van der Waals surface area contributed by atoms with Gasteiger partial charge in [-0.1, -0.05) is 6.07 Å². The van der Waals surface area contributed by atoms with Crippen LogP contribution in [0.2, 0.25) is 0 Å². The Morgan fingerprint density at radius 2 is 2.11 bits per heavy atom. The van der Waals surface area contributed by atoms with Gasteiger partial charge in [0.25, 0.3) is 0 Å². The van der Waals surface area contributed by atoms with Crippen LogP contribution in [-0.4, -0.2) is 17.0 Å². The van der Waals surface area contributed by atoms with Crippen LogP contribution < -0.4 is 15.8 Å². The Morgan fingerprint density at radius 1 is 1.32 bits per heavy atom. The Kier molecular flexibility index (Phi) is 3.48. The molecule has 2 aromatic rings. The molecule has 0 fully saturated rings. The lowest BCUT2D eigenvalue weighted by atomic mass is 10.1. The number of anilines is 2. The van der Waals surface area contributed by atoms with Crippen molar-refractivity contribution >= 4 is 11.8 Å². The number of rotatable bonds is 3. The van der Waals surface area contributed by atoms with E-state index in [0.29, 0.717) is 23.0 Å². The summed E-state index contributed by atoms with van der Waals surface area (Å²) in [5.41, 5.74) is 7.02. The van der Waals surface area contributed by atoms with E-state index in [0.717, 1.165) is 5.56 Å². The highest BCUT2D eigenvalue weighted by Crippen LogP contribution is 2.26. The molecule has 0 radical (unpaired) electrons. The fourth-order valence-electron chi connectivity index (χ4n) is 1.52. The molecule has 0 spiro atoms. The zero-order valence-corrected chi connectivity index (χ0v) is 10.6. The fraction of sp³-hybridized carbons (Fsp3) is 0.154. The Hall–Kier alpha value is -2.81. The standard InChI is InChI=1S/C13H13N5O/c1-8-3-4-9(7-14)5-10(8)19-12-6-11(16-2)17-13(15)18-12/h3-6H,1-2H3,(H3,15,16,17,18). The predicted molar refractivity (Wildman–Crippen MR) is 72.0 cm³/mol. The lowest BCUT2D eigenvalue weighted by Gasteiger charge is -2.09. The second-order valence-corrected chi connectivity index (χ2v) is 3.89. The summed E-state index contributed by atoms with van der Waals surface area (Å²) in [5.74, 6) is 1.58. The van der Waals surface area contributed by atoms with Crippen molar-refractivity contribution < 1.29 is 4.74 Å². The Morgan fingerprint density at radius 3 is 2.79 bits per heavy atom. The van der Waals surface area contributed by atoms with Gasteiger partial charge in [-0.3, -0.25) is 0 Å². The van der Waals surface area contributed by atoms with E-state index in [9.17, 15) is 0 Å². The number of nitrogens with one attached hydrogen (secondary N) is 1. The molecule has 2 rings (SSSR count). The number of nitrogens with two attached hydrogens (primary N) is 1. The molecule has 1 heterocycles. The maximum atomic E-state index is 8.88. The van der Waals surface area contributed by atoms with Gasteiger partial charge in [-0.15, -0.1) is 0 Å². The molecule has 0 aliphatic heterocycles. The minimum atomic E-state index is 0.121. The van der Waals surface area contributed by atoms with Crippen LogP contribution in [0.15, 0.2) is 24.3 Å². The molecule has 0 aliphatic carbocycles. The van der Waals surface area contributed by atoms with Gasteiger partial charge in [-0.05, 0) is 24.6 Å². The number of nitrogens with zero attached hydrogens (tertiary/aromatic N) is 3. The maximum absolute atomic E-state index is 8.88. The molecular weight excluding hydrogens is 242 g/mol. The van der Waals surface area contributed by atoms with Gasteiger partial charge in [0.2, 0.25) is 11.8 Å². The summed E-state index contributed by atoms with van der Waals surface area (Å²) in [6.45, 7) is 1.89. The van der Waals surface area contributed by atoms with Gasteiger partial charge in [0.15, 0.2) is 0 Å². The third-order valence-electron chi connectivity index (χ3n) is 2.51. The maximum Gasteiger partial charge on any atom is 0.226 e. The first-order valence-corrected chi connectivity index (χ1v) is 5.63. The lowest BCUT2D eigenvalue weighted by Crippen LogP contribution is -2.01. The van der Waals surface area contributed by atoms with E-state index in [-0.39, 0.29) is 5.95 Å². The Balaban J connectivity index is 2.36. The number of benzene rings is 1. The summed E-state index contributed by atoms with van der Waals surface area (Å²) in [6.07, 6.45) is 0. The van der Waals surface area contributed by atoms with E-state index in [2.05, 4.69) is 21.4 Å². The third-order valence-corrected chi connectivity index (χ3v) is 2.51. The van der Waals surface area contributed by atoms with Crippen molar-refractivity contribution in [3.63, 3.8) is 0 Å². The largest absolute Gasteiger partial charge is 0.438 e. The van der Waals surface area contributed by atoms with Gasteiger partial charge in [-0.2, -0.15) is 15.2 Å². The molecule has 0 saturated heterocycles. The monoisotopic (exact) mass is 255 g/mol. The molecule has 0 aliphatic rings. The highest BCUT2D eigenvalue weighted by molar-refractivity contribution is 5.46. The van der Waals surface area contributed by atoms with Crippen LogP contribution in [0.4, 0.5) is 11.8 Å². The number of hydrogen-bond acceptors (Lipinski definition) is 6. The van der Waals surface area contributed by atoms with Gasteiger partial charge >= 0.3 is 0 Å². The minimum absolute atomic E-state index is 0.121. The van der Waals surface area contributed by atoms with Gasteiger partial charge in [0, 0.05) is 13.1 Å². The first-order valence-electron chi connectivity index (χ1n) is 5.63. The summed E-state index contributed by atoms with van der Waals surface area (Å²) in [6, 6.07) is 8.91. The highest BCUT2D eigenvalue weighted by atomic mass is 16.5. The smallest absolute Gasteiger partial charge is 0.226 e. The van der Waals surface area contributed by atoms with Crippen molar-refractivity contribution in [1.82, 2.24) is 9.97 Å². The summed E-state index contributed by atoms with van der Waals surface area (Å²) in [4.78, 5) is 7.97. The fourth-order valence-corrected chi connectivity index (χ4v) is 1.52. The molecule has 0 amide bonds. The first kappa shape index (κ1) is 12.6. The summed E-state index contributed by atoms with van der Waals surface area (Å²) >= 11 is 0. The van der Waals surface area contributed by atoms with Crippen LogP contribution in [0.3, 0.4) is 0 Å². The number of aromatic nitrogens is 2. The van der Waals surface area contributed by atoms with Crippen LogP contribution in [0.5, 0.6) is 11.6 Å². The third kappa shape index (κ3) is 2.90. The zero-order valence-electron chi connectivity index (χ0n) is 10.6. The van der Waals surface area contributed by atoms with E-state index in [1.807, 2.05) is 13.0 Å². The molecule has 1 aromatic heterocycles. The lowest BCUT2D eigenvalue weighted by molar-refractivity contribution is 0.459. The molecule has 0 unspecified atom stereocenters. The van der Waals surface area contributed by atoms with E-state index in [1.165, 1.54) is 0 Å². The zero-order chi connectivity index (χ0) is 13.8. The van der Waals surface area contributed by atoms with Gasteiger partial charge in [-0.25, -0.2) is 0 Å². The molecule has 3 N–H and O–H groups in total. The van der Waals surface area contributed by atoms with Crippen molar-refractivity contribution in [3.05, 3.63) is 35.4 Å². The van der Waals surface area contributed by atoms with E-state index >= 15 is 0 Å². The van der Waals surface area contributed by atoms with Crippen LogP contribution in [-0.2, 0) is 0 Å². The average molecular weight is 255 g/mol. The van der Waals surface area contributed by atoms with Crippen LogP contribution >= 0.6 is 0 Å². The van der Waals surface area contributed by atoms with Crippen molar-refractivity contribution in [2.24, 2.45) is 0 Å². The summed E-state index contributed by atoms with van der Waals surface area (Å²) in [5, 5.41) is 11.8. The number of hydrogen-bond donors (Lipinski definition) is 2. The Bertz CT molecular complexity index is 648. The second kappa shape index (κ2) is 5.23. The molecule has 0 atom stereocenters. The molecule has 96 valence electrons. The van der Waals surface area contributed by atoms with Crippen molar-refractivity contribution in [3.8, 4) is 17.7 Å². The normalized spacial score (nSPS) is 9.74. The van der Waals surface area contributed by atoms with Gasteiger partial charge in [0.1, 0.15) is 11.6 Å². The SMILES string of the molecule is CNc1cc(Oc2cc(C#N)ccc2C)nc(N)n1. The van der Waals surface area contributed by atoms with Crippen molar-refractivity contribution in [2.75, 3.05) is 18.1 Å². The van der Waals surface area contributed by atoms with Crippen molar-refractivity contribution in [1.29, 1.82) is 5.26 Å². The Labute approximate surface area is 110 Å². The molecular formula is C13H13N5O. The summed E-state index contributed by atoms with van der Waals surface area (Å²) < 4.78 is 5.65. The average Bonchev–Trinajstić information content (AvgIpc) is 2.40. The quantitative estimate of drug-likeness (QED) is 0.871. The van der Waals surface area contributed by atoms with E-state index in [4.69, 9.17) is 15.7 Å². The topological polar surface area (TPSA) is 96.8 Å². The number of aryl methyl sites for hydroxylation is 1. The predicted octanol–water partition coefficient (Wildman–Crippen LogP) is 2.07. The highest BCUT2D eigenvalue weighted by Gasteiger charge is 2.07. The molecule has 19 heavy (non-hydrogen) atoms. The molecule has 6 nitrogen and oxygen atoms in total. The molecule has 6 heteroatoms. The van der Waals surface area contributed by atoms with Crippen LogP contribution in [0.25, 0.3) is 0 Å². The number of nitriles is 1. The van der Waals surface area contributed by atoms with Crippen molar-refractivity contribution in [2.45, 2.75) is 6.92 Å². The summed E-state index contributed by atoms with van der Waals surface area (Å²) in [7, 11) is 1.73. The number of nitrogen functional groups attached to an aromatic ring is 1. The first-order chi connectivity index (χ1) is 9.12. The van der Waals surface area contributed by atoms with Gasteiger partial charge in [0.05, 0.1) is 11.6 Å². The van der Waals surface area contributed by atoms with Crippen LogP contribution in [0.1, 0.15) is 11.1 Å². The van der Waals surface area contributed by atoms with E-state index < -0.39 is 0 Å². The van der Waals surface area contributed by atoms with Crippen LogP contribution in [0, 0.1) is 18.3 Å².